The fraction of sp³-hybridized carbons (Fsp3) is 0.111. The van der Waals surface area contributed by atoms with Crippen molar-refractivity contribution in [2.45, 2.75) is 6.42 Å². The number of hydrogen-bond acceptors (Lipinski definition) is 2. The van der Waals surface area contributed by atoms with Crippen LogP contribution < -0.4 is 5.73 Å². The summed E-state index contributed by atoms with van der Waals surface area (Å²) < 4.78 is 0. The second-order valence-electron chi connectivity index (χ2n) is 2.38. The zero-order valence-electron chi connectivity index (χ0n) is 6.25. The highest BCUT2D eigenvalue weighted by Crippen LogP contribution is 2.20. The molecule has 0 aromatic heterocycles. The number of aromatic hydroxyl groups is 1. The molecule has 0 heterocycles. The Morgan fingerprint density at radius 1 is 1.55 bits per heavy atom. The third-order valence-corrected chi connectivity index (χ3v) is 1.47. The molecule has 1 rings (SSSR count). The van der Waals surface area contributed by atoms with Crippen molar-refractivity contribution < 1.29 is 5.11 Å². The van der Waals surface area contributed by atoms with Crippen LogP contribution in [0, 0.1) is 0 Å². The van der Waals surface area contributed by atoms with E-state index >= 15 is 0 Å². The molecule has 0 spiro atoms. The molecule has 0 aliphatic carbocycles. The molecule has 2 heteroatoms. The van der Waals surface area contributed by atoms with Crippen LogP contribution in [0.4, 0.5) is 5.69 Å². The fourth-order valence-corrected chi connectivity index (χ4v) is 0.909. The lowest BCUT2D eigenvalue weighted by Crippen LogP contribution is -1.87. The number of hydrogen-bond donors (Lipinski definition) is 2. The van der Waals surface area contributed by atoms with Gasteiger partial charge >= 0.3 is 0 Å². The number of allylic oxidation sites excluding steroid dienone is 1. The van der Waals surface area contributed by atoms with Gasteiger partial charge in [0.15, 0.2) is 0 Å². The normalized spacial score (nSPS) is 9.45. The second-order valence-corrected chi connectivity index (χ2v) is 2.38. The summed E-state index contributed by atoms with van der Waals surface area (Å²) in [5, 5.41) is 9.29. The van der Waals surface area contributed by atoms with Gasteiger partial charge in [-0.15, -0.1) is 6.58 Å². The number of anilines is 1. The third-order valence-electron chi connectivity index (χ3n) is 1.47. The van der Waals surface area contributed by atoms with Crippen LogP contribution in [0.5, 0.6) is 5.75 Å². The summed E-state index contributed by atoms with van der Waals surface area (Å²) >= 11 is 0. The Kier molecular flexibility index (Phi) is 2.16. The number of phenolic OH excluding ortho intramolecular Hbond substituents is 1. The molecule has 2 nitrogen and oxygen atoms in total. The van der Waals surface area contributed by atoms with Crippen LogP contribution in [0.15, 0.2) is 30.9 Å². The van der Waals surface area contributed by atoms with Crippen LogP contribution in [0.1, 0.15) is 5.56 Å². The standard InChI is InChI=1S/C9H11NO/c1-2-3-7-4-5-8(10)6-9(7)11/h2,4-6,11H,1,3,10H2. The summed E-state index contributed by atoms with van der Waals surface area (Å²) in [4.78, 5) is 0. The van der Waals surface area contributed by atoms with Crippen molar-refractivity contribution in [3.8, 4) is 5.75 Å². The first kappa shape index (κ1) is 7.66. The maximum absolute atomic E-state index is 9.29. The first-order chi connectivity index (χ1) is 5.24. The molecule has 0 amide bonds. The summed E-state index contributed by atoms with van der Waals surface area (Å²) in [7, 11) is 0. The number of benzene rings is 1. The fourth-order valence-electron chi connectivity index (χ4n) is 0.909. The van der Waals surface area contributed by atoms with Gasteiger partial charge < -0.3 is 10.8 Å². The average molecular weight is 149 g/mol. The van der Waals surface area contributed by atoms with Gasteiger partial charge in [0, 0.05) is 11.8 Å². The minimum atomic E-state index is 0.241. The van der Waals surface area contributed by atoms with E-state index in [9.17, 15) is 5.11 Å². The molecule has 0 aliphatic heterocycles. The molecule has 0 saturated carbocycles. The van der Waals surface area contributed by atoms with Crippen LogP contribution in [-0.4, -0.2) is 5.11 Å². The van der Waals surface area contributed by atoms with Crippen LogP contribution >= 0.6 is 0 Å². The predicted octanol–water partition coefficient (Wildman–Crippen LogP) is 1.70. The molecule has 0 unspecified atom stereocenters. The molecular weight excluding hydrogens is 138 g/mol. The molecule has 0 saturated heterocycles. The Hall–Kier alpha value is -1.44. The van der Waals surface area contributed by atoms with E-state index in [1.54, 1.807) is 24.3 Å². The van der Waals surface area contributed by atoms with E-state index in [0.717, 1.165) is 5.56 Å². The number of nitrogen functional groups attached to an aromatic ring is 1. The lowest BCUT2D eigenvalue weighted by Gasteiger charge is -2.01. The Bertz CT molecular complexity index is 268. The summed E-state index contributed by atoms with van der Waals surface area (Å²) in [6.07, 6.45) is 2.41. The minimum Gasteiger partial charge on any atom is -0.508 e. The largest absolute Gasteiger partial charge is 0.508 e. The van der Waals surface area contributed by atoms with Crippen molar-refractivity contribution in [1.82, 2.24) is 0 Å². The van der Waals surface area contributed by atoms with Crippen LogP contribution in [0.25, 0.3) is 0 Å². The van der Waals surface area contributed by atoms with E-state index in [2.05, 4.69) is 6.58 Å². The van der Waals surface area contributed by atoms with Gasteiger partial charge in [-0.1, -0.05) is 12.1 Å². The van der Waals surface area contributed by atoms with Crippen LogP contribution in [-0.2, 0) is 6.42 Å². The molecule has 0 fully saturated rings. The Morgan fingerprint density at radius 2 is 2.27 bits per heavy atom. The van der Waals surface area contributed by atoms with Crippen molar-refractivity contribution in [3.63, 3.8) is 0 Å². The summed E-state index contributed by atoms with van der Waals surface area (Å²) in [6, 6.07) is 5.10. The van der Waals surface area contributed by atoms with E-state index < -0.39 is 0 Å². The summed E-state index contributed by atoms with van der Waals surface area (Å²) in [6.45, 7) is 3.58. The van der Waals surface area contributed by atoms with Gasteiger partial charge in [0.25, 0.3) is 0 Å². The lowest BCUT2D eigenvalue weighted by molar-refractivity contribution is 0.470. The molecule has 0 radical (unpaired) electrons. The summed E-state index contributed by atoms with van der Waals surface area (Å²) in [5.41, 5.74) is 6.87. The molecule has 58 valence electrons. The molecule has 1 aromatic rings. The SMILES string of the molecule is C=CCc1ccc(N)cc1O. The highest BCUT2D eigenvalue weighted by Gasteiger charge is 1.97. The van der Waals surface area contributed by atoms with Crippen molar-refractivity contribution in [2.24, 2.45) is 0 Å². The molecule has 11 heavy (non-hydrogen) atoms. The maximum atomic E-state index is 9.29. The first-order valence-electron chi connectivity index (χ1n) is 3.42. The van der Waals surface area contributed by atoms with E-state index in [-0.39, 0.29) is 5.75 Å². The molecule has 0 bridgehead atoms. The van der Waals surface area contributed by atoms with Crippen molar-refractivity contribution in [3.05, 3.63) is 36.4 Å². The molecule has 0 aliphatic rings. The lowest BCUT2D eigenvalue weighted by atomic mass is 10.1. The van der Waals surface area contributed by atoms with Gasteiger partial charge in [-0.25, -0.2) is 0 Å². The topological polar surface area (TPSA) is 46.2 Å². The number of nitrogens with two attached hydrogens (primary N) is 1. The van der Waals surface area contributed by atoms with Gasteiger partial charge in [0.1, 0.15) is 5.75 Å². The van der Waals surface area contributed by atoms with Gasteiger partial charge in [-0.3, -0.25) is 0 Å². The second kappa shape index (κ2) is 3.10. The highest BCUT2D eigenvalue weighted by molar-refractivity contribution is 5.48. The van der Waals surface area contributed by atoms with Gasteiger partial charge in [-0.05, 0) is 18.1 Å². The summed E-state index contributed by atoms with van der Waals surface area (Å²) in [5.74, 6) is 0.241. The molecule has 0 atom stereocenters. The Labute approximate surface area is 66.0 Å². The Morgan fingerprint density at radius 3 is 2.82 bits per heavy atom. The van der Waals surface area contributed by atoms with Gasteiger partial charge in [-0.2, -0.15) is 0 Å². The number of rotatable bonds is 2. The third kappa shape index (κ3) is 1.74. The zero-order valence-corrected chi connectivity index (χ0v) is 6.25. The van der Waals surface area contributed by atoms with E-state index in [0.29, 0.717) is 12.1 Å². The smallest absolute Gasteiger partial charge is 0.121 e. The molecule has 3 N–H and O–H groups in total. The van der Waals surface area contributed by atoms with E-state index in [1.165, 1.54) is 0 Å². The van der Waals surface area contributed by atoms with E-state index in [4.69, 9.17) is 5.73 Å². The minimum absolute atomic E-state index is 0.241. The predicted molar refractivity (Wildman–Crippen MR) is 46.4 cm³/mol. The first-order valence-corrected chi connectivity index (χ1v) is 3.42. The average Bonchev–Trinajstić information content (AvgIpc) is 1.95. The highest BCUT2D eigenvalue weighted by atomic mass is 16.3. The number of phenols is 1. The maximum Gasteiger partial charge on any atom is 0.121 e. The van der Waals surface area contributed by atoms with Crippen LogP contribution in [0.3, 0.4) is 0 Å². The van der Waals surface area contributed by atoms with E-state index in [1.807, 2.05) is 0 Å². The van der Waals surface area contributed by atoms with Gasteiger partial charge in [0.05, 0.1) is 0 Å². The molecular formula is C9H11NO. The van der Waals surface area contributed by atoms with Crippen molar-refractivity contribution in [1.29, 1.82) is 0 Å². The quantitative estimate of drug-likeness (QED) is 0.496. The van der Waals surface area contributed by atoms with Crippen molar-refractivity contribution in [2.75, 3.05) is 5.73 Å². The van der Waals surface area contributed by atoms with Crippen molar-refractivity contribution >= 4 is 5.69 Å². The molecule has 1 aromatic carbocycles. The van der Waals surface area contributed by atoms with Crippen LogP contribution in [0.2, 0.25) is 0 Å². The Balaban J connectivity index is 2.98. The zero-order chi connectivity index (χ0) is 8.27. The van der Waals surface area contributed by atoms with Gasteiger partial charge in [0.2, 0.25) is 0 Å². The monoisotopic (exact) mass is 149 g/mol.